The first kappa shape index (κ1) is 17.3. The van der Waals surface area contributed by atoms with Crippen molar-refractivity contribution in [3.8, 4) is 0 Å². The van der Waals surface area contributed by atoms with E-state index in [1.54, 1.807) is 11.0 Å². The summed E-state index contributed by atoms with van der Waals surface area (Å²) in [5.41, 5.74) is 0.572. The number of carbonyl (C=O) groups excluding carboxylic acids is 1. The van der Waals surface area contributed by atoms with Gasteiger partial charge in [-0.15, -0.1) is 6.58 Å². The number of amides is 1. The Labute approximate surface area is 138 Å². The van der Waals surface area contributed by atoms with E-state index in [1.165, 1.54) is 0 Å². The van der Waals surface area contributed by atoms with Crippen LogP contribution in [0, 0.1) is 0 Å². The number of nitrogens with zero attached hydrogens (tertiary/aromatic N) is 1. The Balaban J connectivity index is 2.03. The molecule has 0 aliphatic carbocycles. The fourth-order valence-corrected chi connectivity index (χ4v) is 2.42. The van der Waals surface area contributed by atoms with E-state index in [0.29, 0.717) is 13.2 Å². The molecule has 4 nitrogen and oxygen atoms in total. The minimum atomic E-state index is -0.523. The van der Waals surface area contributed by atoms with Crippen LogP contribution in [0.2, 0.25) is 0 Å². The lowest BCUT2D eigenvalue weighted by Crippen LogP contribution is -2.50. The third-order valence-corrected chi connectivity index (χ3v) is 3.48. The van der Waals surface area contributed by atoms with E-state index in [-0.39, 0.29) is 18.2 Å². The smallest absolute Gasteiger partial charge is 0.411 e. The molecule has 1 amide bonds. The molecule has 2 rings (SSSR count). The van der Waals surface area contributed by atoms with Crippen molar-refractivity contribution in [2.75, 3.05) is 6.54 Å². The average Bonchev–Trinajstić information content (AvgIpc) is 2.51. The summed E-state index contributed by atoms with van der Waals surface area (Å²) in [6, 6.07) is 9.72. The molecule has 0 aromatic heterocycles. The highest BCUT2D eigenvalue weighted by molar-refractivity contribution is 5.69. The second-order valence-corrected chi connectivity index (χ2v) is 6.55. The van der Waals surface area contributed by atoms with Gasteiger partial charge in [-0.05, 0) is 26.3 Å². The molecule has 0 saturated carbocycles. The molecular weight excluding hydrogens is 290 g/mol. The van der Waals surface area contributed by atoms with Gasteiger partial charge in [-0.2, -0.15) is 0 Å². The maximum absolute atomic E-state index is 12.4. The van der Waals surface area contributed by atoms with E-state index in [2.05, 4.69) is 6.58 Å². The summed E-state index contributed by atoms with van der Waals surface area (Å²) in [5.74, 6) is 0. The molecule has 0 saturated heterocycles. The molecule has 1 aromatic carbocycles. The van der Waals surface area contributed by atoms with Crippen molar-refractivity contribution in [2.24, 2.45) is 0 Å². The lowest BCUT2D eigenvalue weighted by Gasteiger charge is -2.37. The minimum Gasteiger partial charge on any atom is -0.444 e. The van der Waals surface area contributed by atoms with Gasteiger partial charge >= 0.3 is 6.09 Å². The standard InChI is InChI=1S/C19H25NO3/c1-5-16-17(22-14-15-10-7-6-8-11-15)12-9-13-20(16)18(21)23-19(2,3)4/h5-12,16-17H,1,13-14H2,2-4H3/t16-,17+/m0/s1. The van der Waals surface area contributed by atoms with Crippen LogP contribution in [-0.2, 0) is 16.1 Å². The molecule has 124 valence electrons. The highest BCUT2D eigenvalue weighted by Gasteiger charge is 2.33. The molecule has 0 N–H and O–H groups in total. The highest BCUT2D eigenvalue weighted by atomic mass is 16.6. The van der Waals surface area contributed by atoms with Crippen LogP contribution in [0.1, 0.15) is 26.3 Å². The molecule has 1 aromatic rings. The first-order valence-electron chi connectivity index (χ1n) is 7.85. The Bertz CT molecular complexity index is 560. The van der Waals surface area contributed by atoms with Crippen molar-refractivity contribution < 1.29 is 14.3 Å². The largest absolute Gasteiger partial charge is 0.444 e. The van der Waals surface area contributed by atoms with Gasteiger partial charge in [-0.1, -0.05) is 48.6 Å². The predicted octanol–water partition coefficient (Wildman–Crippen LogP) is 3.93. The molecular formula is C19H25NO3. The number of ether oxygens (including phenoxy) is 2. The van der Waals surface area contributed by atoms with Crippen LogP contribution in [0.5, 0.6) is 0 Å². The van der Waals surface area contributed by atoms with E-state index in [0.717, 1.165) is 5.56 Å². The van der Waals surface area contributed by atoms with Gasteiger partial charge in [0.25, 0.3) is 0 Å². The maximum Gasteiger partial charge on any atom is 0.411 e. The Morgan fingerprint density at radius 2 is 2.04 bits per heavy atom. The molecule has 2 atom stereocenters. The van der Waals surface area contributed by atoms with Crippen molar-refractivity contribution in [3.63, 3.8) is 0 Å². The number of hydrogen-bond acceptors (Lipinski definition) is 3. The lowest BCUT2D eigenvalue weighted by atomic mass is 10.1. The summed E-state index contributed by atoms with van der Waals surface area (Å²) in [7, 11) is 0. The molecule has 4 heteroatoms. The molecule has 23 heavy (non-hydrogen) atoms. The summed E-state index contributed by atoms with van der Waals surface area (Å²) in [5, 5.41) is 0. The van der Waals surface area contributed by atoms with Crippen LogP contribution in [0.15, 0.2) is 55.1 Å². The van der Waals surface area contributed by atoms with Gasteiger partial charge in [-0.25, -0.2) is 4.79 Å². The van der Waals surface area contributed by atoms with Gasteiger partial charge in [0, 0.05) is 6.54 Å². The second-order valence-electron chi connectivity index (χ2n) is 6.55. The molecule has 0 unspecified atom stereocenters. The average molecular weight is 315 g/mol. The summed E-state index contributed by atoms with van der Waals surface area (Å²) in [4.78, 5) is 14.0. The van der Waals surface area contributed by atoms with Gasteiger partial charge in [0.1, 0.15) is 11.7 Å². The zero-order valence-corrected chi connectivity index (χ0v) is 14.1. The summed E-state index contributed by atoms with van der Waals surface area (Å²) in [6.07, 6.45) is 5.08. The fourth-order valence-electron chi connectivity index (χ4n) is 2.42. The lowest BCUT2D eigenvalue weighted by molar-refractivity contribution is -0.0111. The normalized spacial score (nSPS) is 21.1. The highest BCUT2D eigenvalue weighted by Crippen LogP contribution is 2.21. The summed E-state index contributed by atoms with van der Waals surface area (Å²) >= 11 is 0. The third kappa shape index (κ3) is 4.96. The third-order valence-electron chi connectivity index (χ3n) is 3.48. The van der Waals surface area contributed by atoms with Gasteiger partial charge in [0.05, 0.1) is 12.6 Å². The van der Waals surface area contributed by atoms with Crippen molar-refractivity contribution in [3.05, 3.63) is 60.7 Å². The Hall–Kier alpha value is -2.07. The Kier molecular flexibility index (Phi) is 5.61. The zero-order chi connectivity index (χ0) is 16.9. The SMILES string of the molecule is C=C[C@H]1[C@H](OCc2ccccc2)C=CCN1C(=O)OC(C)(C)C. The van der Waals surface area contributed by atoms with Gasteiger partial charge < -0.3 is 9.47 Å². The van der Waals surface area contributed by atoms with E-state index < -0.39 is 5.60 Å². The maximum atomic E-state index is 12.4. The number of benzene rings is 1. The van der Waals surface area contributed by atoms with Crippen LogP contribution in [0.3, 0.4) is 0 Å². The number of carbonyl (C=O) groups is 1. The molecule has 0 spiro atoms. The van der Waals surface area contributed by atoms with E-state index >= 15 is 0 Å². The molecule has 0 radical (unpaired) electrons. The Morgan fingerprint density at radius 3 is 2.65 bits per heavy atom. The molecule has 0 bridgehead atoms. The van der Waals surface area contributed by atoms with Crippen LogP contribution in [-0.4, -0.2) is 35.3 Å². The topological polar surface area (TPSA) is 38.8 Å². The number of rotatable bonds is 4. The summed E-state index contributed by atoms with van der Waals surface area (Å²) < 4.78 is 11.4. The predicted molar refractivity (Wildman–Crippen MR) is 91.1 cm³/mol. The molecule has 1 aliphatic heterocycles. The number of hydrogen-bond donors (Lipinski definition) is 0. The first-order chi connectivity index (χ1) is 10.9. The molecule has 0 fully saturated rings. The van der Waals surface area contributed by atoms with Crippen LogP contribution >= 0.6 is 0 Å². The van der Waals surface area contributed by atoms with Crippen molar-refractivity contribution in [2.45, 2.75) is 45.1 Å². The van der Waals surface area contributed by atoms with Crippen molar-refractivity contribution in [1.82, 2.24) is 4.90 Å². The monoisotopic (exact) mass is 315 g/mol. The van der Waals surface area contributed by atoms with Gasteiger partial charge in [-0.3, -0.25) is 4.90 Å². The van der Waals surface area contributed by atoms with Crippen molar-refractivity contribution in [1.29, 1.82) is 0 Å². The van der Waals surface area contributed by atoms with Crippen LogP contribution < -0.4 is 0 Å². The molecule has 1 aliphatic rings. The minimum absolute atomic E-state index is 0.228. The second kappa shape index (κ2) is 7.47. The van der Waals surface area contributed by atoms with E-state index in [4.69, 9.17) is 9.47 Å². The zero-order valence-electron chi connectivity index (χ0n) is 14.1. The van der Waals surface area contributed by atoms with Crippen molar-refractivity contribution >= 4 is 6.09 Å². The van der Waals surface area contributed by atoms with Gasteiger partial charge in [0.15, 0.2) is 0 Å². The fraction of sp³-hybridized carbons (Fsp3) is 0.421. The Morgan fingerprint density at radius 1 is 1.35 bits per heavy atom. The summed E-state index contributed by atoms with van der Waals surface area (Å²) in [6.45, 7) is 10.4. The van der Waals surface area contributed by atoms with E-state index in [9.17, 15) is 4.79 Å². The first-order valence-corrected chi connectivity index (χ1v) is 7.85. The molecule has 1 heterocycles. The van der Waals surface area contributed by atoms with E-state index in [1.807, 2.05) is 63.3 Å². The quantitative estimate of drug-likeness (QED) is 0.790. The van der Waals surface area contributed by atoms with Crippen LogP contribution in [0.4, 0.5) is 4.79 Å². The van der Waals surface area contributed by atoms with Crippen LogP contribution in [0.25, 0.3) is 0 Å². The van der Waals surface area contributed by atoms with Gasteiger partial charge in [0.2, 0.25) is 0 Å².